The number of hydrogen-bond donors (Lipinski definition) is 1. The summed E-state index contributed by atoms with van der Waals surface area (Å²) in [5, 5.41) is 0. The summed E-state index contributed by atoms with van der Waals surface area (Å²) >= 11 is 0. The van der Waals surface area contributed by atoms with E-state index in [1.165, 1.54) is 0 Å². The highest BCUT2D eigenvalue weighted by atomic mass is 32.2. The third-order valence-corrected chi connectivity index (χ3v) is 4.59. The summed E-state index contributed by atoms with van der Waals surface area (Å²) in [5.74, 6) is 0.776. The average Bonchev–Trinajstić information content (AvgIpc) is 2.51. The standard InChI is InChI=1S/C12H17N3O2S/c13-12(14-11-5-2-1-3-6-11)15-7-4-9-18(16,17)10-8-15/h1-3,5-6H,4,7-10H2,(H2,13,14). The van der Waals surface area contributed by atoms with E-state index in [2.05, 4.69) is 4.99 Å². The highest BCUT2D eigenvalue weighted by Gasteiger charge is 2.20. The minimum absolute atomic E-state index is 0.151. The van der Waals surface area contributed by atoms with Crippen molar-refractivity contribution in [1.29, 1.82) is 0 Å². The monoisotopic (exact) mass is 267 g/mol. The molecular weight excluding hydrogens is 250 g/mol. The molecule has 1 aliphatic rings. The number of aliphatic imine (C=N–C) groups is 1. The van der Waals surface area contributed by atoms with Crippen molar-refractivity contribution in [3.8, 4) is 0 Å². The maximum atomic E-state index is 11.5. The Kier molecular flexibility index (Phi) is 3.86. The van der Waals surface area contributed by atoms with Crippen molar-refractivity contribution < 1.29 is 8.42 Å². The van der Waals surface area contributed by atoms with Crippen molar-refractivity contribution in [2.24, 2.45) is 10.7 Å². The first-order chi connectivity index (χ1) is 8.57. The van der Waals surface area contributed by atoms with E-state index in [0.29, 0.717) is 25.5 Å². The van der Waals surface area contributed by atoms with Gasteiger partial charge in [-0.3, -0.25) is 0 Å². The number of benzene rings is 1. The van der Waals surface area contributed by atoms with Crippen LogP contribution in [0.4, 0.5) is 5.69 Å². The van der Waals surface area contributed by atoms with Gasteiger partial charge in [-0.25, -0.2) is 13.4 Å². The molecule has 0 saturated carbocycles. The SMILES string of the molecule is NC(=Nc1ccccc1)N1CCCS(=O)(=O)CC1. The normalized spacial score (nSPS) is 20.4. The minimum atomic E-state index is -2.91. The van der Waals surface area contributed by atoms with Gasteiger partial charge in [0.05, 0.1) is 17.2 Å². The van der Waals surface area contributed by atoms with E-state index in [0.717, 1.165) is 5.69 Å². The Bertz CT molecular complexity index is 526. The van der Waals surface area contributed by atoms with Crippen molar-refractivity contribution >= 4 is 21.5 Å². The number of sulfone groups is 1. The molecule has 0 unspecified atom stereocenters. The van der Waals surface area contributed by atoms with Gasteiger partial charge in [0, 0.05) is 13.1 Å². The predicted octanol–water partition coefficient (Wildman–Crippen LogP) is 0.753. The zero-order chi connectivity index (χ0) is 13.0. The molecule has 2 rings (SSSR count). The molecular formula is C12H17N3O2S. The fraction of sp³-hybridized carbons (Fsp3) is 0.417. The van der Waals surface area contributed by atoms with Crippen molar-refractivity contribution in [2.45, 2.75) is 6.42 Å². The maximum absolute atomic E-state index is 11.5. The molecule has 0 aliphatic carbocycles. The summed E-state index contributed by atoms with van der Waals surface area (Å²) in [6.45, 7) is 1.06. The van der Waals surface area contributed by atoms with E-state index in [4.69, 9.17) is 5.73 Å². The van der Waals surface area contributed by atoms with Crippen LogP contribution >= 0.6 is 0 Å². The molecule has 0 aromatic heterocycles. The molecule has 1 aliphatic heterocycles. The molecule has 5 nitrogen and oxygen atoms in total. The topological polar surface area (TPSA) is 75.8 Å². The van der Waals surface area contributed by atoms with Crippen LogP contribution in [0.15, 0.2) is 35.3 Å². The van der Waals surface area contributed by atoms with Crippen LogP contribution in [0.2, 0.25) is 0 Å². The Morgan fingerprint density at radius 1 is 1.17 bits per heavy atom. The summed E-state index contributed by atoms with van der Waals surface area (Å²) < 4.78 is 23.0. The number of hydrogen-bond acceptors (Lipinski definition) is 3. The highest BCUT2D eigenvalue weighted by Crippen LogP contribution is 2.11. The number of rotatable bonds is 1. The number of nitrogens with two attached hydrogens (primary N) is 1. The van der Waals surface area contributed by atoms with Crippen molar-refractivity contribution in [2.75, 3.05) is 24.6 Å². The first kappa shape index (κ1) is 12.9. The summed E-state index contributed by atoms with van der Waals surface area (Å²) in [7, 11) is -2.91. The van der Waals surface area contributed by atoms with Crippen LogP contribution in [0.1, 0.15) is 6.42 Å². The molecule has 98 valence electrons. The van der Waals surface area contributed by atoms with Crippen molar-refractivity contribution in [3.05, 3.63) is 30.3 Å². The predicted molar refractivity (Wildman–Crippen MR) is 72.6 cm³/mol. The van der Waals surface area contributed by atoms with Gasteiger partial charge in [-0.15, -0.1) is 0 Å². The van der Waals surface area contributed by atoms with Gasteiger partial charge in [0.2, 0.25) is 0 Å². The Morgan fingerprint density at radius 3 is 2.61 bits per heavy atom. The molecule has 18 heavy (non-hydrogen) atoms. The summed E-state index contributed by atoms with van der Waals surface area (Å²) in [6.07, 6.45) is 0.605. The maximum Gasteiger partial charge on any atom is 0.196 e. The van der Waals surface area contributed by atoms with Gasteiger partial charge in [-0.1, -0.05) is 18.2 Å². The third-order valence-electron chi connectivity index (χ3n) is 2.88. The molecule has 0 amide bonds. The third kappa shape index (κ3) is 3.46. The molecule has 0 spiro atoms. The second kappa shape index (κ2) is 5.39. The minimum Gasteiger partial charge on any atom is -0.369 e. The molecule has 0 radical (unpaired) electrons. The Balaban J connectivity index is 2.10. The second-order valence-corrected chi connectivity index (χ2v) is 6.60. The van der Waals surface area contributed by atoms with E-state index in [1.54, 1.807) is 0 Å². The summed E-state index contributed by atoms with van der Waals surface area (Å²) in [5.41, 5.74) is 6.70. The lowest BCUT2D eigenvalue weighted by molar-refractivity contribution is 0.445. The molecule has 1 aromatic rings. The smallest absolute Gasteiger partial charge is 0.196 e. The summed E-state index contributed by atoms with van der Waals surface area (Å²) in [6, 6.07) is 9.41. The Labute approximate surface area is 107 Å². The van der Waals surface area contributed by atoms with Crippen LogP contribution in [-0.4, -0.2) is 43.9 Å². The van der Waals surface area contributed by atoms with E-state index in [1.807, 2.05) is 35.2 Å². The molecule has 1 aromatic carbocycles. The number of nitrogens with zero attached hydrogens (tertiary/aromatic N) is 2. The van der Waals surface area contributed by atoms with E-state index in [9.17, 15) is 8.42 Å². The molecule has 0 bridgehead atoms. The summed E-state index contributed by atoms with van der Waals surface area (Å²) in [4.78, 5) is 6.13. The first-order valence-electron chi connectivity index (χ1n) is 5.91. The van der Waals surface area contributed by atoms with Crippen LogP contribution in [-0.2, 0) is 9.84 Å². The lowest BCUT2D eigenvalue weighted by Crippen LogP contribution is -2.39. The molecule has 1 fully saturated rings. The van der Waals surface area contributed by atoms with Gasteiger partial charge in [0.1, 0.15) is 0 Å². The fourth-order valence-electron chi connectivity index (χ4n) is 1.87. The van der Waals surface area contributed by atoms with Gasteiger partial charge in [-0.05, 0) is 18.6 Å². The van der Waals surface area contributed by atoms with Crippen LogP contribution in [0.5, 0.6) is 0 Å². The first-order valence-corrected chi connectivity index (χ1v) is 7.73. The van der Waals surface area contributed by atoms with Crippen LogP contribution in [0.3, 0.4) is 0 Å². The molecule has 1 heterocycles. The zero-order valence-electron chi connectivity index (χ0n) is 10.1. The van der Waals surface area contributed by atoms with Gasteiger partial charge >= 0.3 is 0 Å². The Hall–Kier alpha value is -1.56. The largest absolute Gasteiger partial charge is 0.369 e. The number of guanidine groups is 1. The highest BCUT2D eigenvalue weighted by molar-refractivity contribution is 7.91. The average molecular weight is 267 g/mol. The molecule has 6 heteroatoms. The van der Waals surface area contributed by atoms with Crippen LogP contribution in [0, 0.1) is 0 Å². The van der Waals surface area contributed by atoms with Gasteiger partial charge < -0.3 is 10.6 Å². The molecule has 2 N–H and O–H groups in total. The second-order valence-electron chi connectivity index (χ2n) is 4.30. The van der Waals surface area contributed by atoms with Gasteiger partial charge in [0.15, 0.2) is 15.8 Å². The fourth-order valence-corrected chi connectivity index (χ4v) is 3.14. The van der Waals surface area contributed by atoms with Crippen molar-refractivity contribution in [1.82, 2.24) is 4.90 Å². The lowest BCUT2D eigenvalue weighted by Gasteiger charge is -2.20. The van der Waals surface area contributed by atoms with Gasteiger partial charge in [0.25, 0.3) is 0 Å². The lowest BCUT2D eigenvalue weighted by atomic mass is 10.3. The zero-order valence-corrected chi connectivity index (χ0v) is 10.9. The van der Waals surface area contributed by atoms with Crippen LogP contribution < -0.4 is 5.73 Å². The number of para-hydroxylation sites is 1. The van der Waals surface area contributed by atoms with Gasteiger partial charge in [-0.2, -0.15) is 0 Å². The Morgan fingerprint density at radius 2 is 1.89 bits per heavy atom. The van der Waals surface area contributed by atoms with E-state index < -0.39 is 9.84 Å². The van der Waals surface area contributed by atoms with E-state index >= 15 is 0 Å². The van der Waals surface area contributed by atoms with E-state index in [-0.39, 0.29) is 11.5 Å². The molecule has 0 atom stereocenters. The molecule has 1 saturated heterocycles. The van der Waals surface area contributed by atoms with Crippen molar-refractivity contribution in [3.63, 3.8) is 0 Å². The quantitative estimate of drug-likeness (QED) is 0.602. The van der Waals surface area contributed by atoms with Crippen LogP contribution in [0.25, 0.3) is 0 Å².